The highest BCUT2D eigenvalue weighted by Gasteiger charge is 2.29. The first-order chi connectivity index (χ1) is 12.5. The van der Waals surface area contributed by atoms with Crippen LogP contribution < -0.4 is 15.8 Å². The summed E-state index contributed by atoms with van der Waals surface area (Å²) in [6.45, 7) is 2.63. The summed E-state index contributed by atoms with van der Waals surface area (Å²) >= 11 is 0. The highest BCUT2D eigenvalue weighted by molar-refractivity contribution is 5.92. The van der Waals surface area contributed by atoms with Crippen LogP contribution in [0, 0.1) is 18.3 Å². The zero-order chi connectivity index (χ0) is 18.5. The van der Waals surface area contributed by atoms with Crippen molar-refractivity contribution < 1.29 is 14.3 Å². The number of nitrogens with zero attached hydrogens (tertiary/aromatic N) is 3. The van der Waals surface area contributed by atoms with Crippen molar-refractivity contribution >= 4 is 11.9 Å². The molecule has 1 aromatic carbocycles. The Bertz CT molecular complexity index is 811. The molecule has 2 heterocycles. The summed E-state index contributed by atoms with van der Waals surface area (Å²) in [5.41, 5.74) is 6.99. The van der Waals surface area contributed by atoms with Crippen LogP contribution in [-0.4, -0.2) is 41.2 Å². The topological polar surface area (TPSA) is 123 Å². The molecule has 3 rings (SSSR count). The third-order valence-corrected chi connectivity index (χ3v) is 3.98. The quantitative estimate of drug-likeness (QED) is 0.846. The second-order valence-electron chi connectivity index (χ2n) is 5.99. The van der Waals surface area contributed by atoms with Gasteiger partial charge in [0.25, 0.3) is 5.91 Å². The van der Waals surface area contributed by atoms with Crippen LogP contribution in [0.15, 0.2) is 30.3 Å². The van der Waals surface area contributed by atoms with Crippen LogP contribution in [0.2, 0.25) is 0 Å². The molecule has 26 heavy (non-hydrogen) atoms. The Morgan fingerprint density at radius 3 is 2.85 bits per heavy atom. The smallest absolute Gasteiger partial charge is 0.270 e. The molecule has 0 spiro atoms. The molecule has 8 nitrogen and oxygen atoms in total. The van der Waals surface area contributed by atoms with E-state index in [-0.39, 0.29) is 29.7 Å². The molecular formula is C18H19N5O3. The van der Waals surface area contributed by atoms with E-state index in [0.717, 1.165) is 0 Å². The van der Waals surface area contributed by atoms with Gasteiger partial charge in [-0.3, -0.25) is 4.79 Å². The number of amides is 1. The van der Waals surface area contributed by atoms with E-state index in [1.165, 1.54) is 0 Å². The molecule has 2 aromatic rings. The summed E-state index contributed by atoms with van der Waals surface area (Å²) in [4.78, 5) is 20.4. The predicted octanol–water partition coefficient (Wildman–Crippen LogP) is 1.21. The second-order valence-corrected chi connectivity index (χ2v) is 5.99. The molecule has 8 heteroatoms. The SMILES string of the molecule is Cc1cc(C(=O)N[C@@H]2COCC[C@H]2Oc2ccc(C#N)cc2)nc(N)n1. The fraction of sp³-hybridized carbons (Fsp3) is 0.333. The number of nitrogens with one attached hydrogen (secondary N) is 1. The van der Waals surface area contributed by atoms with Crippen LogP contribution in [0.3, 0.4) is 0 Å². The molecule has 1 aliphatic heterocycles. The monoisotopic (exact) mass is 353 g/mol. The van der Waals surface area contributed by atoms with Gasteiger partial charge >= 0.3 is 0 Å². The van der Waals surface area contributed by atoms with Gasteiger partial charge in [0.05, 0.1) is 30.9 Å². The van der Waals surface area contributed by atoms with Crippen LogP contribution in [0.4, 0.5) is 5.95 Å². The number of nitrogen functional groups attached to an aromatic ring is 1. The van der Waals surface area contributed by atoms with Crippen LogP contribution in [0.25, 0.3) is 0 Å². The Balaban J connectivity index is 1.70. The van der Waals surface area contributed by atoms with E-state index in [4.69, 9.17) is 20.5 Å². The van der Waals surface area contributed by atoms with Gasteiger partial charge in [0.2, 0.25) is 5.95 Å². The average molecular weight is 353 g/mol. The lowest BCUT2D eigenvalue weighted by atomic mass is 10.1. The fourth-order valence-corrected chi connectivity index (χ4v) is 2.73. The van der Waals surface area contributed by atoms with Crippen molar-refractivity contribution in [1.29, 1.82) is 5.26 Å². The number of ether oxygens (including phenoxy) is 2. The molecule has 2 atom stereocenters. The Hall–Kier alpha value is -3.18. The number of carbonyl (C=O) groups excluding carboxylic acids is 1. The molecule has 0 bridgehead atoms. The molecule has 1 amide bonds. The van der Waals surface area contributed by atoms with Gasteiger partial charge in [-0.05, 0) is 37.3 Å². The van der Waals surface area contributed by atoms with Gasteiger partial charge < -0.3 is 20.5 Å². The van der Waals surface area contributed by atoms with Gasteiger partial charge in [-0.2, -0.15) is 5.26 Å². The van der Waals surface area contributed by atoms with Crippen molar-refractivity contribution in [3.63, 3.8) is 0 Å². The maximum atomic E-state index is 12.5. The van der Waals surface area contributed by atoms with E-state index in [1.54, 1.807) is 37.3 Å². The number of hydrogen-bond acceptors (Lipinski definition) is 7. The van der Waals surface area contributed by atoms with Gasteiger partial charge in [-0.15, -0.1) is 0 Å². The first-order valence-corrected chi connectivity index (χ1v) is 8.22. The van der Waals surface area contributed by atoms with Crippen molar-refractivity contribution in [2.75, 3.05) is 18.9 Å². The fourth-order valence-electron chi connectivity index (χ4n) is 2.73. The molecule has 0 radical (unpaired) electrons. The lowest BCUT2D eigenvalue weighted by molar-refractivity contribution is -0.00294. The molecule has 134 valence electrons. The third-order valence-electron chi connectivity index (χ3n) is 3.98. The predicted molar refractivity (Wildman–Crippen MR) is 93.4 cm³/mol. The minimum absolute atomic E-state index is 0.0560. The number of rotatable bonds is 4. The summed E-state index contributed by atoms with van der Waals surface area (Å²) in [6, 6.07) is 10.2. The number of nitriles is 1. The second kappa shape index (κ2) is 7.80. The molecule has 1 aromatic heterocycles. The Labute approximate surface area is 151 Å². The van der Waals surface area contributed by atoms with Crippen LogP contribution in [0.1, 0.15) is 28.2 Å². The van der Waals surface area contributed by atoms with Gasteiger partial charge in [0.1, 0.15) is 17.5 Å². The zero-order valence-corrected chi connectivity index (χ0v) is 14.3. The molecular weight excluding hydrogens is 334 g/mol. The lowest BCUT2D eigenvalue weighted by Gasteiger charge is -2.32. The maximum absolute atomic E-state index is 12.5. The molecule has 1 fully saturated rings. The number of carbonyl (C=O) groups is 1. The zero-order valence-electron chi connectivity index (χ0n) is 14.3. The van der Waals surface area contributed by atoms with E-state index >= 15 is 0 Å². The van der Waals surface area contributed by atoms with Crippen molar-refractivity contribution in [1.82, 2.24) is 15.3 Å². The normalized spacial score (nSPS) is 19.4. The Morgan fingerprint density at radius 2 is 2.15 bits per heavy atom. The molecule has 1 saturated heterocycles. The van der Waals surface area contributed by atoms with Crippen molar-refractivity contribution in [3.8, 4) is 11.8 Å². The van der Waals surface area contributed by atoms with E-state index in [0.29, 0.717) is 36.6 Å². The maximum Gasteiger partial charge on any atom is 0.270 e. The largest absolute Gasteiger partial charge is 0.488 e. The standard InChI is InChI=1S/C18H19N5O3/c1-11-8-14(23-18(20)21-11)17(24)22-15-10-25-7-6-16(15)26-13-4-2-12(9-19)3-5-13/h2-5,8,15-16H,6-7,10H2,1H3,(H,22,24)(H2,20,21,23)/t15-,16-/m1/s1. The number of hydrogen-bond donors (Lipinski definition) is 2. The molecule has 3 N–H and O–H groups in total. The summed E-state index contributed by atoms with van der Waals surface area (Å²) in [6.07, 6.45) is 0.386. The first-order valence-electron chi connectivity index (χ1n) is 8.22. The Kier molecular flexibility index (Phi) is 5.29. The molecule has 0 saturated carbocycles. The third kappa shape index (κ3) is 4.26. The summed E-state index contributed by atoms with van der Waals surface area (Å²) in [5, 5.41) is 11.8. The van der Waals surface area contributed by atoms with Crippen LogP contribution in [0.5, 0.6) is 5.75 Å². The van der Waals surface area contributed by atoms with E-state index in [9.17, 15) is 4.79 Å². The van der Waals surface area contributed by atoms with Crippen LogP contribution >= 0.6 is 0 Å². The Morgan fingerprint density at radius 1 is 1.38 bits per heavy atom. The molecule has 0 unspecified atom stereocenters. The highest BCUT2D eigenvalue weighted by atomic mass is 16.5. The number of nitrogens with two attached hydrogens (primary N) is 1. The summed E-state index contributed by atoms with van der Waals surface area (Å²) < 4.78 is 11.5. The number of benzene rings is 1. The lowest BCUT2D eigenvalue weighted by Crippen LogP contribution is -2.52. The number of aromatic nitrogens is 2. The van der Waals surface area contributed by atoms with Crippen LogP contribution in [-0.2, 0) is 4.74 Å². The average Bonchev–Trinajstić information content (AvgIpc) is 2.63. The van der Waals surface area contributed by atoms with Gasteiger partial charge in [0.15, 0.2) is 0 Å². The van der Waals surface area contributed by atoms with Crippen molar-refractivity contribution in [2.45, 2.75) is 25.5 Å². The molecule has 1 aliphatic rings. The van der Waals surface area contributed by atoms with E-state index in [2.05, 4.69) is 21.4 Å². The molecule has 0 aliphatic carbocycles. The van der Waals surface area contributed by atoms with Crippen molar-refractivity contribution in [2.24, 2.45) is 0 Å². The minimum atomic E-state index is -0.355. The van der Waals surface area contributed by atoms with E-state index < -0.39 is 0 Å². The van der Waals surface area contributed by atoms with Crippen molar-refractivity contribution in [3.05, 3.63) is 47.3 Å². The highest BCUT2D eigenvalue weighted by Crippen LogP contribution is 2.19. The van der Waals surface area contributed by atoms with Gasteiger partial charge in [-0.25, -0.2) is 9.97 Å². The van der Waals surface area contributed by atoms with Gasteiger partial charge in [0, 0.05) is 12.1 Å². The first kappa shape index (κ1) is 17.6. The number of aryl methyl sites for hydroxylation is 1. The number of anilines is 1. The van der Waals surface area contributed by atoms with Gasteiger partial charge in [-0.1, -0.05) is 0 Å². The summed E-state index contributed by atoms with van der Waals surface area (Å²) in [5.74, 6) is 0.337. The van der Waals surface area contributed by atoms with E-state index in [1.807, 2.05) is 0 Å². The summed E-state index contributed by atoms with van der Waals surface area (Å²) in [7, 11) is 0. The minimum Gasteiger partial charge on any atom is -0.488 e.